The molecule has 21 heavy (non-hydrogen) atoms. The van der Waals surface area contributed by atoms with Crippen LogP contribution in [0.3, 0.4) is 0 Å². The van der Waals surface area contributed by atoms with Crippen molar-refractivity contribution in [2.75, 3.05) is 6.61 Å². The molecule has 1 N–H and O–H groups in total. The third-order valence-electron chi connectivity index (χ3n) is 3.04. The maximum atomic E-state index is 8.66. The van der Waals surface area contributed by atoms with Crippen LogP contribution in [0.1, 0.15) is 121 Å². The third-order valence-corrected chi connectivity index (χ3v) is 3.04. The van der Waals surface area contributed by atoms with Crippen molar-refractivity contribution in [3.63, 3.8) is 0 Å². The lowest BCUT2D eigenvalue weighted by molar-refractivity contribution is 0.208. The Morgan fingerprint density at radius 3 is 0.857 bits per heavy atom. The van der Waals surface area contributed by atoms with E-state index in [4.69, 9.17) is 5.11 Å². The number of unbranched alkanes of at least 4 members (excludes halogenated alkanes) is 2. The molecule has 0 saturated heterocycles. The summed E-state index contributed by atoms with van der Waals surface area (Å²) < 4.78 is 0. The Bertz CT molecular complexity index is 92.4. The van der Waals surface area contributed by atoms with Gasteiger partial charge < -0.3 is 5.11 Å². The maximum absolute atomic E-state index is 8.66. The Morgan fingerprint density at radius 1 is 0.619 bits per heavy atom. The summed E-state index contributed by atoms with van der Waals surface area (Å²) in [7, 11) is 0. The summed E-state index contributed by atoms with van der Waals surface area (Å²) in [4.78, 5) is 0. The first-order valence-electron chi connectivity index (χ1n) is 9.77. The molecule has 136 valence electrons. The Labute approximate surface area is 138 Å². The van der Waals surface area contributed by atoms with E-state index in [0.717, 1.165) is 6.42 Å². The molecule has 0 spiro atoms. The predicted molar refractivity (Wildman–Crippen MR) is 104 cm³/mol. The summed E-state index contributed by atoms with van der Waals surface area (Å²) in [6.45, 7) is 23.3. The SMILES string of the molecule is CC.CC.CC.CCC1(CO)CC1.CCCC.CCCC. The van der Waals surface area contributed by atoms with E-state index in [1.165, 1.54) is 38.5 Å². The van der Waals surface area contributed by atoms with Crippen LogP contribution in [0.2, 0.25) is 0 Å². The lowest BCUT2D eigenvalue weighted by Gasteiger charge is -2.03. The van der Waals surface area contributed by atoms with E-state index < -0.39 is 0 Å². The van der Waals surface area contributed by atoms with Crippen LogP contribution < -0.4 is 0 Å². The van der Waals surface area contributed by atoms with Crippen LogP contribution in [0.25, 0.3) is 0 Å². The summed E-state index contributed by atoms with van der Waals surface area (Å²) in [5.74, 6) is 0. The molecule has 0 amide bonds. The van der Waals surface area contributed by atoms with Gasteiger partial charge in [0.15, 0.2) is 0 Å². The summed E-state index contributed by atoms with van der Waals surface area (Å²) >= 11 is 0. The Balaban J connectivity index is -0.0000000539. The molecule has 0 aromatic carbocycles. The molecule has 0 radical (unpaired) electrons. The molecule has 1 aliphatic carbocycles. The highest BCUT2D eigenvalue weighted by molar-refractivity contribution is 4.90. The van der Waals surface area contributed by atoms with Gasteiger partial charge in [-0.15, -0.1) is 0 Å². The van der Waals surface area contributed by atoms with E-state index in [-0.39, 0.29) is 0 Å². The van der Waals surface area contributed by atoms with Crippen molar-refractivity contribution < 1.29 is 5.11 Å². The highest BCUT2D eigenvalue weighted by Gasteiger charge is 2.39. The zero-order valence-electron chi connectivity index (χ0n) is 17.6. The third kappa shape index (κ3) is 38.3. The quantitative estimate of drug-likeness (QED) is 0.560. The lowest BCUT2D eigenvalue weighted by Crippen LogP contribution is -2.02. The normalized spacial score (nSPS) is 12.0. The molecule has 0 unspecified atom stereocenters. The van der Waals surface area contributed by atoms with Crippen molar-refractivity contribution in [1.82, 2.24) is 0 Å². The smallest absolute Gasteiger partial charge is 0.0487 e. The standard InChI is InChI=1S/C6H12O.2C4H10.3C2H6/c1-2-6(5-7)3-4-6;2*1-3-4-2;3*1-2/h7H,2-5H2,1H3;2*3-4H2,1-2H3;3*1-2H3. The van der Waals surface area contributed by atoms with Crippen LogP contribution in [0.4, 0.5) is 0 Å². The van der Waals surface area contributed by atoms with Crippen LogP contribution in [0.15, 0.2) is 0 Å². The summed E-state index contributed by atoms with van der Waals surface area (Å²) in [5, 5.41) is 8.66. The average molecular weight is 307 g/mol. The van der Waals surface area contributed by atoms with Crippen LogP contribution in [-0.2, 0) is 0 Å². The highest BCUT2D eigenvalue weighted by atomic mass is 16.3. The lowest BCUT2D eigenvalue weighted by atomic mass is 10.1. The summed E-state index contributed by atoms with van der Waals surface area (Å²) in [5.41, 5.74) is 0.389. The second-order valence-corrected chi connectivity index (χ2v) is 4.51. The van der Waals surface area contributed by atoms with Gasteiger partial charge in [-0.1, -0.05) is 102 Å². The largest absolute Gasteiger partial charge is 0.396 e. The van der Waals surface area contributed by atoms with E-state index >= 15 is 0 Å². The fraction of sp³-hybridized carbons (Fsp3) is 1.00. The summed E-state index contributed by atoms with van der Waals surface area (Å²) in [6, 6.07) is 0. The number of aliphatic hydroxyl groups is 1. The molecule has 0 aromatic heterocycles. The minimum Gasteiger partial charge on any atom is -0.396 e. The minimum atomic E-state index is 0.389. The Hall–Kier alpha value is -0.0400. The van der Waals surface area contributed by atoms with E-state index in [1.807, 2.05) is 41.5 Å². The van der Waals surface area contributed by atoms with Gasteiger partial charge in [0.05, 0.1) is 0 Å². The molecule has 0 bridgehead atoms. The average Bonchev–Trinajstić information content (AvgIpc) is 3.41. The van der Waals surface area contributed by atoms with Crippen LogP contribution in [0.5, 0.6) is 0 Å². The van der Waals surface area contributed by atoms with Gasteiger partial charge in [-0.25, -0.2) is 0 Å². The molecule has 0 atom stereocenters. The molecular weight excluding hydrogens is 256 g/mol. The number of hydrogen-bond acceptors (Lipinski definition) is 1. The predicted octanol–water partition coefficient (Wildman–Crippen LogP) is 7.86. The number of aliphatic hydroxyl groups excluding tert-OH is 1. The zero-order valence-corrected chi connectivity index (χ0v) is 17.6. The molecule has 1 heteroatoms. The second kappa shape index (κ2) is 36.8. The maximum Gasteiger partial charge on any atom is 0.0487 e. The van der Waals surface area contributed by atoms with Crippen LogP contribution >= 0.6 is 0 Å². The fourth-order valence-electron chi connectivity index (χ4n) is 0.800. The zero-order chi connectivity index (χ0) is 18.2. The van der Waals surface area contributed by atoms with Crippen molar-refractivity contribution in [2.45, 2.75) is 121 Å². The molecule has 1 nitrogen and oxygen atoms in total. The van der Waals surface area contributed by atoms with Crippen molar-refractivity contribution in [2.24, 2.45) is 5.41 Å². The van der Waals surface area contributed by atoms with E-state index in [1.54, 1.807) is 0 Å². The molecule has 1 rings (SSSR count). The van der Waals surface area contributed by atoms with Crippen molar-refractivity contribution in [1.29, 1.82) is 0 Å². The first-order chi connectivity index (χ1) is 10.2. The summed E-state index contributed by atoms with van der Waals surface area (Å²) in [6.07, 6.45) is 8.93. The second-order valence-electron chi connectivity index (χ2n) is 4.51. The van der Waals surface area contributed by atoms with Gasteiger partial charge in [0.1, 0.15) is 0 Å². The number of hydrogen-bond donors (Lipinski definition) is 1. The molecule has 0 aliphatic heterocycles. The molecule has 1 saturated carbocycles. The van der Waals surface area contributed by atoms with Gasteiger partial charge in [-0.2, -0.15) is 0 Å². The van der Waals surface area contributed by atoms with Gasteiger partial charge in [-0.05, 0) is 24.7 Å². The van der Waals surface area contributed by atoms with E-state index in [9.17, 15) is 0 Å². The Morgan fingerprint density at radius 2 is 0.857 bits per heavy atom. The fourth-order valence-corrected chi connectivity index (χ4v) is 0.800. The molecule has 0 aromatic rings. The van der Waals surface area contributed by atoms with Gasteiger partial charge >= 0.3 is 0 Å². The van der Waals surface area contributed by atoms with Gasteiger partial charge in [0.25, 0.3) is 0 Å². The Kier molecular flexibility index (Phi) is 57.5. The van der Waals surface area contributed by atoms with Crippen LogP contribution in [0, 0.1) is 5.41 Å². The monoisotopic (exact) mass is 306 g/mol. The van der Waals surface area contributed by atoms with Crippen molar-refractivity contribution in [3.05, 3.63) is 0 Å². The van der Waals surface area contributed by atoms with Gasteiger partial charge in [0.2, 0.25) is 0 Å². The van der Waals surface area contributed by atoms with Crippen molar-refractivity contribution >= 4 is 0 Å². The topological polar surface area (TPSA) is 20.2 Å². The minimum absolute atomic E-state index is 0.389. The molecule has 1 aliphatic rings. The van der Waals surface area contributed by atoms with E-state index in [2.05, 4.69) is 34.6 Å². The van der Waals surface area contributed by atoms with Gasteiger partial charge in [0, 0.05) is 6.61 Å². The first-order valence-corrected chi connectivity index (χ1v) is 9.77. The molecule has 1 fully saturated rings. The first kappa shape index (κ1) is 32.8. The number of rotatable bonds is 4. The van der Waals surface area contributed by atoms with Gasteiger partial charge in [-0.3, -0.25) is 0 Å². The molecule has 0 heterocycles. The van der Waals surface area contributed by atoms with E-state index in [0.29, 0.717) is 12.0 Å². The molecular formula is C20H50O. The highest BCUT2D eigenvalue weighted by Crippen LogP contribution is 2.47. The van der Waals surface area contributed by atoms with Crippen molar-refractivity contribution in [3.8, 4) is 0 Å². The van der Waals surface area contributed by atoms with Crippen LogP contribution in [-0.4, -0.2) is 11.7 Å².